The molecule has 2 aliphatic heterocycles. The zero-order chi connectivity index (χ0) is 23.5. The highest BCUT2D eigenvalue weighted by molar-refractivity contribution is 8.01. The van der Waals surface area contributed by atoms with E-state index in [1.165, 1.54) is 24.3 Å². The zero-order valence-electron chi connectivity index (χ0n) is 19.1. The normalized spacial score (nSPS) is 21.4. The number of benzene rings is 2. The van der Waals surface area contributed by atoms with Crippen molar-refractivity contribution in [2.75, 3.05) is 33.9 Å². The number of carbonyl (C=O) groups excluding carboxylic acids is 2. The average Bonchev–Trinajstić information content (AvgIpc) is 3.12. The molecule has 2 heterocycles. The molecule has 6 nitrogen and oxygen atoms in total. The van der Waals surface area contributed by atoms with E-state index < -0.39 is 0 Å². The topological polar surface area (TPSA) is 59.1 Å². The van der Waals surface area contributed by atoms with Gasteiger partial charge in [0.15, 0.2) is 0 Å². The third-order valence-electron chi connectivity index (χ3n) is 6.40. The van der Waals surface area contributed by atoms with Crippen molar-refractivity contribution in [2.45, 2.75) is 30.4 Å². The first kappa shape index (κ1) is 23.4. The van der Waals surface area contributed by atoms with Crippen molar-refractivity contribution >= 4 is 23.6 Å². The lowest BCUT2D eigenvalue weighted by Gasteiger charge is -2.35. The molecule has 2 fully saturated rings. The number of thioether (sulfide) groups is 1. The number of halogens is 1. The maximum atomic E-state index is 13.2. The van der Waals surface area contributed by atoms with Crippen molar-refractivity contribution in [3.63, 3.8) is 0 Å². The van der Waals surface area contributed by atoms with E-state index in [-0.39, 0.29) is 28.3 Å². The molecule has 0 N–H and O–H groups in total. The van der Waals surface area contributed by atoms with E-state index in [9.17, 15) is 14.0 Å². The molecule has 176 valence electrons. The van der Waals surface area contributed by atoms with Crippen molar-refractivity contribution in [3.8, 4) is 11.5 Å². The Labute approximate surface area is 198 Å². The Morgan fingerprint density at radius 1 is 1.09 bits per heavy atom. The van der Waals surface area contributed by atoms with Gasteiger partial charge in [0.25, 0.3) is 5.91 Å². The molecular weight excluding hydrogens is 443 g/mol. The summed E-state index contributed by atoms with van der Waals surface area (Å²) in [5, 5.41) is -0.275. The summed E-state index contributed by atoms with van der Waals surface area (Å²) in [4.78, 5) is 29.5. The number of nitrogens with zero attached hydrogens (tertiary/aromatic N) is 2. The predicted octanol–water partition coefficient (Wildman–Crippen LogP) is 4.36. The minimum absolute atomic E-state index is 0.0751. The van der Waals surface area contributed by atoms with Crippen LogP contribution in [0, 0.1) is 11.7 Å². The van der Waals surface area contributed by atoms with E-state index in [1.54, 1.807) is 26.0 Å². The second-order valence-electron chi connectivity index (χ2n) is 8.47. The zero-order valence-corrected chi connectivity index (χ0v) is 19.9. The number of amides is 2. The van der Waals surface area contributed by atoms with Gasteiger partial charge in [-0.2, -0.15) is 0 Å². The second kappa shape index (κ2) is 10.0. The first-order chi connectivity index (χ1) is 15.9. The summed E-state index contributed by atoms with van der Waals surface area (Å²) in [6.45, 7) is 3.83. The van der Waals surface area contributed by atoms with Crippen LogP contribution >= 0.6 is 11.8 Å². The molecule has 0 aliphatic carbocycles. The minimum Gasteiger partial charge on any atom is -0.497 e. The summed E-state index contributed by atoms with van der Waals surface area (Å²) in [6.07, 6.45) is 1.63. The van der Waals surface area contributed by atoms with Gasteiger partial charge in [0, 0.05) is 30.8 Å². The van der Waals surface area contributed by atoms with Crippen LogP contribution < -0.4 is 9.47 Å². The fourth-order valence-electron chi connectivity index (χ4n) is 4.51. The number of methoxy groups -OCH3 is 2. The largest absolute Gasteiger partial charge is 0.497 e. The van der Waals surface area contributed by atoms with Crippen molar-refractivity contribution < 1.29 is 23.5 Å². The highest BCUT2D eigenvalue weighted by Crippen LogP contribution is 2.47. The van der Waals surface area contributed by atoms with Gasteiger partial charge in [-0.3, -0.25) is 9.59 Å². The van der Waals surface area contributed by atoms with E-state index in [0.29, 0.717) is 31.1 Å². The Morgan fingerprint density at radius 3 is 2.42 bits per heavy atom. The third kappa shape index (κ3) is 4.95. The SMILES string of the molecule is COc1ccc(OC)c(C2SC(C)C(=O)N2CC2CCN(C(=O)c3ccc(F)cc3)CC2)c1. The molecule has 2 aliphatic rings. The van der Waals surface area contributed by atoms with Crippen LogP contribution in [0.2, 0.25) is 0 Å². The molecule has 2 aromatic carbocycles. The summed E-state index contributed by atoms with van der Waals surface area (Å²) in [7, 11) is 3.26. The molecule has 2 unspecified atom stereocenters. The number of carbonyl (C=O) groups is 2. The van der Waals surface area contributed by atoms with Crippen LogP contribution in [0.1, 0.15) is 41.1 Å². The number of hydrogen-bond donors (Lipinski definition) is 0. The van der Waals surface area contributed by atoms with Gasteiger partial charge in [0.1, 0.15) is 22.7 Å². The lowest BCUT2D eigenvalue weighted by molar-refractivity contribution is -0.130. The van der Waals surface area contributed by atoms with Gasteiger partial charge in [-0.25, -0.2) is 4.39 Å². The molecule has 0 bridgehead atoms. The summed E-state index contributed by atoms with van der Waals surface area (Å²) in [6, 6.07) is 11.3. The molecular formula is C25H29FN2O4S. The predicted molar refractivity (Wildman–Crippen MR) is 126 cm³/mol. The van der Waals surface area contributed by atoms with Crippen LogP contribution in [0.25, 0.3) is 0 Å². The van der Waals surface area contributed by atoms with Gasteiger partial charge < -0.3 is 19.3 Å². The Kier molecular flexibility index (Phi) is 7.12. The van der Waals surface area contributed by atoms with Crippen molar-refractivity contribution in [1.29, 1.82) is 0 Å². The monoisotopic (exact) mass is 472 g/mol. The maximum absolute atomic E-state index is 13.2. The van der Waals surface area contributed by atoms with Crippen LogP contribution in [-0.4, -0.2) is 60.7 Å². The highest BCUT2D eigenvalue weighted by Gasteiger charge is 2.41. The lowest BCUT2D eigenvalue weighted by Crippen LogP contribution is -2.42. The fraction of sp³-hybridized carbons (Fsp3) is 0.440. The van der Waals surface area contributed by atoms with Crippen LogP contribution in [-0.2, 0) is 4.79 Å². The van der Waals surface area contributed by atoms with Gasteiger partial charge in [-0.1, -0.05) is 0 Å². The Morgan fingerprint density at radius 2 is 1.79 bits per heavy atom. The Balaban J connectivity index is 1.44. The number of ether oxygens (including phenoxy) is 2. The molecule has 33 heavy (non-hydrogen) atoms. The quantitative estimate of drug-likeness (QED) is 0.625. The Hall–Kier alpha value is -2.74. The van der Waals surface area contributed by atoms with E-state index >= 15 is 0 Å². The van der Waals surface area contributed by atoms with Crippen LogP contribution in [0.15, 0.2) is 42.5 Å². The average molecular weight is 473 g/mol. The molecule has 0 radical (unpaired) electrons. The maximum Gasteiger partial charge on any atom is 0.253 e. The minimum atomic E-state index is -0.352. The highest BCUT2D eigenvalue weighted by atomic mass is 32.2. The smallest absolute Gasteiger partial charge is 0.253 e. The van der Waals surface area contributed by atoms with E-state index in [1.807, 2.05) is 34.9 Å². The van der Waals surface area contributed by atoms with E-state index in [0.717, 1.165) is 29.9 Å². The Bertz CT molecular complexity index is 1010. The first-order valence-corrected chi connectivity index (χ1v) is 12.1. The number of piperidine rings is 1. The van der Waals surface area contributed by atoms with Gasteiger partial charge in [-0.15, -0.1) is 11.8 Å². The van der Waals surface area contributed by atoms with Gasteiger partial charge in [0.05, 0.1) is 19.5 Å². The van der Waals surface area contributed by atoms with Gasteiger partial charge in [0.2, 0.25) is 5.91 Å². The standard InChI is InChI=1S/C25H29FN2O4S/c1-16-23(29)28(25(33-16)21-14-20(31-2)8-9-22(21)32-3)15-17-10-12-27(13-11-17)24(30)18-4-6-19(26)7-5-18/h4-9,14,16-17,25H,10-13,15H2,1-3H3. The van der Waals surface area contributed by atoms with Crippen LogP contribution in [0.3, 0.4) is 0 Å². The molecule has 8 heteroatoms. The second-order valence-corrected chi connectivity index (χ2v) is 9.90. The van der Waals surface area contributed by atoms with E-state index in [4.69, 9.17) is 9.47 Å². The summed E-state index contributed by atoms with van der Waals surface area (Å²) in [5.41, 5.74) is 1.43. The van der Waals surface area contributed by atoms with Crippen LogP contribution in [0.5, 0.6) is 11.5 Å². The van der Waals surface area contributed by atoms with Gasteiger partial charge >= 0.3 is 0 Å². The summed E-state index contributed by atoms with van der Waals surface area (Å²) in [5.74, 6) is 1.46. The number of likely N-dealkylation sites (tertiary alicyclic amines) is 1. The lowest BCUT2D eigenvalue weighted by atomic mass is 9.95. The molecule has 2 atom stereocenters. The summed E-state index contributed by atoms with van der Waals surface area (Å²) < 4.78 is 24.2. The summed E-state index contributed by atoms with van der Waals surface area (Å²) >= 11 is 1.62. The van der Waals surface area contributed by atoms with Gasteiger partial charge in [-0.05, 0) is 68.1 Å². The molecule has 2 aromatic rings. The molecule has 0 spiro atoms. The third-order valence-corrected chi connectivity index (χ3v) is 7.77. The van der Waals surface area contributed by atoms with Crippen molar-refractivity contribution in [1.82, 2.24) is 9.80 Å². The van der Waals surface area contributed by atoms with E-state index in [2.05, 4.69) is 0 Å². The molecule has 0 aromatic heterocycles. The number of hydrogen-bond acceptors (Lipinski definition) is 5. The molecule has 4 rings (SSSR count). The van der Waals surface area contributed by atoms with Crippen LogP contribution in [0.4, 0.5) is 4.39 Å². The molecule has 0 saturated carbocycles. The molecule has 2 amide bonds. The number of rotatable bonds is 6. The van der Waals surface area contributed by atoms with Crippen molar-refractivity contribution in [3.05, 3.63) is 59.4 Å². The molecule has 2 saturated heterocycles. The first-order valence-electron chi connectivity index (χ1n) is 11.1. The van der Waals surface area contributed by atoms with Crippen molar-refractivity contribution in [2.24, 2.45) is 5.92 Å². The fourth-order valence-corrected chi connectivity index (χ4v) is 5.81.